The van der Waals surface area contributed by atoms with Crippen molar-refractivity contribution >= 4 is 11.9 Å². The number of amides is 1. The molecule has 4 rings (SSSR count). The van der Waals surface area contributed by atoms with Crippen LogP contribution < -0.4 is 5.32 Å². The number of carbonyl (C=O) groups excluding carboxylic acids is 2. The Hall–Kier alpha value is -1.92. The summed E-state index contributed by atoms with van der Waals surface area (Å²) in [5.74, 6) is -0.336. The molecule has 0 radical (unpaired) electrons. The summed E-state index contributed by atoms with van der Waals surface area (Å²) < 4.78 is 16.4. The van der Waals surface area contributed by atoms with Crippen LogP contribution in [-0.2, 0) is 14.2 Å². The number of hydrogen-bond donors (Lipinski definition) is 1. The minimum Gasteiger partial charge on any atom is -0.462 e. The molecule has 0 bridgehead atoms. The Kier molecular flexibility index (Phi) is 3.79. The van der Waals surface area contributed by atoms with E-state index < -0.39 is 0 Å². The van der Waals surface area contributed by atoms with E-state index in [-0.39, 0.29) is 30.0 Å². The standard InChI is InChI=1S/C17H19NO5/c19-16(18-12-5-6-12)10-1-3-11(4-2-10)17(20)23-9-13-14-15(13)22-8-7-21-14/h1-4,12-15H,5-9H2,(H,18,19). The van der Waals surface area contributed by atoms with Crippen LogP contribution in [0.2, 0.25) is 0 Å². The van der Waals surface area contributed by atoms with Crippen molar-refractivity contribution in [3.05, 3.63) is 35.4 Å². The average molecular weight is 317 g/mol. The van der Waals surface area contributed by atoms with E-state index in [2.05, 4.69) is 5.32 Å². The lowest BCUT2D eigenvalue weighted by molar-refractivity contribution is -0.0376. The highest BCUT2D eigenvalue weighted by atomic mass is 16.6. The molecule has 0 spiro atoms. The molecule has 2 aliphatic carbocycles. The molecular weight excluding hydrogens is 298 g/mol. The fourth-order valence-corrected chi connectivity index (χ4v) is 2.82. The predicted octanol–water partition coefficient (Wildman–Crippen LogP) is 1.15. The molecule has 1 saturated heterocycles. The first-order valence-corrected chi connectivity index (χ1v) is 8.03. The Morgan fingerprint density at radius 1 is 1.04 bits per heavy atom. The lowest BCUT2D eigenvalue weighted by Crippen LogP contribution is -2.25. The van der Waals surface area contributed by atoms with Gasteiger partial charge in [0, 0.05) is 11.6 Å². The fourth-order valence-electron chi connectivity index (χ4n) is 2.82. The van der Waals surface area contributed by atoms with Gasteiger partial charge in [0.1, 0.15) is 0 Å². The zero-order chi connectivity index (χ0) is 15.8. The Labute approximate surface area is 134 Å². The van der Waals surface area contributed by atoms with Crippen LogP contribution in [0.3, 0.4) is 0 Å². The van der Waals surface area contributed by atoms with E-state index in [1.165, 1.54) is 0 Å². The number of fused-ring (bicyclic) bond motifs is 1. The highest BCUT2D eigenvalue weighted by Gasteiger charge is 2.55. The molecule has 1 aliphatic heterocycles. The van der Waals surface area contributed by atoms with E-state index >= 15 is 0 Å². The van der Waals surface area contributed by atoms with Crippen molar-refractivity contribution in [2.45, 2.75) is 31.1 Å². The van der Waals surface area contributed by atoms with Crippen LogP contribution in [0, 0.1) is 5.92 Å². The van der Waals surface area contributed by atoms with Crippen LogP contribution >= 0.6 is 0 Å². The number of hydrogen-bond acceptors (Lipinski definition) is 5. The van der Waals surface area contributed by atoms with E-state index in [0.717, 1.165) is 12.8 Å². The highest BCUT2D eigenvalue weighted by Crippen LogP contribution is 2.40. The Bertz CT molecular complexity index is 598. The third-order valence-electron chi connectivity index (χ3n) is 4.43. The van der Waals surface area contributed by atoms with Gasteiger partial charge >= 0.3 is 5.97 Å². The molecule has 3 aliphatic rings. The molecule has 2 atom stereocenters. The zero-order valence-electron chi connectivity index (χ0n) is 12.7. The van der Waals surface area contributed by atoms with Gasteiger partial charge in [-0.05, 0) is 37.1 Å². The number of ether oxygens (including phenoxy) is 3. The maximum Gasteiger partial charge on any atom is 0.338 e. The van der Waals surface area contributed by atoms with E-state index in [1.54, 1.807) is 24.3 Å². The molecule has 6 heteroatoms. The fraction of sp³-hybridized carbons (Fsp3) is 0.529. The lowest BCUT2D eigenvalue weighted by atomic mass is 10.1. The molecule has 3 fully saturated rings. The summed E-state index contributed by atoms with van der Waals surface area (Å²) in [5, 5.41) is 2.91. The van der Waals surface area contributed by atoms with Crippen LogP contribution in [0.25, 0.3) is 0 Å². The second-order valence-electron chi connectivity index (χ2n) is 6.26. The molecule has 2 unspecified atom stereocenters. The summed E-state index contributed by atoms with van der Waals surface area (Å²) >= 11 is 0. The molecule has 1 aromatic carbocycles. The van der Waals surface area contributed by atoms with Gasteiger partial charge in [-0.1, -0.05) is 0 Å². The molecule has 1 amide bonds. The van der Waals surface area contributed by atoms with Crippen LogP contribution in [0.4, 0.5) is 0 Å². The van der Waals surface area contributed by atoms with Crippen molar-refractivity contribution in [1.82, 2.24) is 5.32 Å². The van der Waals surface area contributed by atoms with E-state index in [4.69, 9.17) is 14.2 Å². The molecule has 122 valence electrons. The first kappa shape index (κ1) is 14.7. The minimum absolute atomic E-state index is 0.0741. The summed E-state index contributed by atoms with van der Waals surface area (Å²) in [6.45, 7) is 1.52. The van der Waals surface area contributed by atoms with Gasteiger partial charge in [-0.15, -0.1) is 0 Å². The van der Waals surface area contributed by atoms with Gasteiger partial charge < -0.3 is 19.5 Å². The van der Waals surface area contributed by atoms with Gasteiger partial charge in [-0.3, -0.25) is 4.79 Å². The number of esters is 1. The summed E-state index contributed by atoms with van der Waals surface area (Å²) in [4.78, 5) is 23.9. The number of rotatable bonds is 5. The van der Waals surface area contributed by atoms with E-state index in [0.29, 0.717) is 37.0 Å². The maximum atomic E-state index is 12.0. The molecule has 6 nitrogen and oxygen atoms in total. The van der Waals surface area contributed by atoms with Gasteiger partial charge in [0.2, 0.25) is 0 Å². The van der Waals surface area contributed by atoms with E-state index in [1.807, 2.05) is 0 Å². The third kappa shape index (κ3) is 3.23. The van der Waals surface area contributed by atoms with Crippen molar-refractivity contribution in [3.8, 4) is 0 Å². The molecule has 1 heterocycles. The van der Waals surface area contributed by atoms with Crippen molar-refractivity contribution < 1.29 is 23.8 Å². The third-order valence-corrected chi connectivity index (χ3v) is 4.43. The van der Waals surface area contributed by atoms with Crippen molar-refractivity contribution in [3.63, 3.8) is 0 Å². The van der Waals surface area contributed by atoms with Gasteiger partial charge in [0.15, 0.2) is 0 Å². The quantitative estimate of drug-likeness (QED) is 0.825. The monoisotopic (exact) mass is 317 g/mol. The number of nitrogens with one attached hydrogen (secondary N) is 1. The summed E-state index contributed by atoms with van der Waals surface area (Å²) in [7, 11) is 0. The Morgan fingerprint density at radius 2 is 1.65 bits per heavy atom. The Morgan fingerprint density at radius 3 is 2.26 bits per heavy atom. The van der Waals surface area contributed by atoms with Crippen molar-refractivity contribution in [2.24, 2.45) is 5.92 Å². The van der Waals surface area contributed by atoms with Gasteiger partial charge in [0.25, 0.3) is 5.91 Å². The maximum absolute atomic E-state index is 12.0. The predicted molar refractivity (Wildman–Crippen MR) is 80.2 cm³/mol. The first-order chi connectivity index (χ1) is 11.2. The average Bonchev–Trinajstić information content (AvgIpc) is 3.49. The van der Waals surface area contributed by atoms with Crippen LogP contribution in [0.15, 0.2) is 24.3 Å². The first-order valence-electron chi connectivity index (χ1n) is 8.03. The molecule has 23 heavy (non-hydrogen) atoms. The van der Waals surface area contributed by atoms with Crippen molar-refractivity contribution in [1.29, 1.82) is 0 Å². The lowest BCUT2D eigenvalue weighted by Gasteiger charge is -2.08. The summed E-state index contributed by atoms with van der Waals surface area (Å²) in [6, 6.07) is 6.86. The summed E-state index contributed by atoms with van der Waals surface area (Å²) in [6.07, 6.45) is 2.24. The highest BCUT2D eigenvalue weighted by molar-refractivity contribution is 5.96. The second-order valence-corrected chi connectivity index (χ2v) is 6.26. The van der Waals surface area contributed by atoms with Crippen molar-refractivity contribution in [2.75, 3.05) is 19.8 Å². The SMILES string of the molecule is O=C(NC1CC1)c1ccc(C(=O)OCC2C3OCCOC23)cc1. The minimum atomic E-state index is -0.386. The summed E-state index contributed by atoms with van der Waals surface area (Å²) in [5.41, 5.74) is 1.00. The van der Waals surface area contributed by atoms with Gasteiger partial charge in [-0.2, -0.15) is 0 Å². The van der Waals surface area contributed by atoms with Gasteiger partial charge in [-0.25, -0.2) is 4.79 Å². The normalized spacial score (nSPS) is 28.6. The van der Waals surface area contributed by atoms with E-state index in [9.17, 15) is 9.59 Å². The number of benzene rings is 1. The molecule has 2 saturated carbocycles. The molecular formula is C17H19NO5. The molecule has 1 aromatic rings. The smallest absolute Gasteiger partial charge is 0.338 e. The van der Waals surface area contributed by atoms with Crippen LogP contribution in [0.1, 0.15) is 33.6 Å². The Balaban J connectivity index is 1.29. The number of carbonyl (C=O) groups is 2. The second kappa shape index (κ2) is 5.94. The topological polar surface area (TPSA) is 73.9 Å². The van der Waals surface area contributed by atoms with Crippen LogP contribution in [-0.4, -0.2) is 49.9 Å². The van der Waals surface area contributed by atoms with Gasteiger partial charge in [0.05, 0.1) is 43.5 Å². The van der Waals surface area contributed by atoms with Crippen LogP contribution in [0.5, 0.6) is 0 Å². The molecule has 0 aromatic heterocycles. The largest absolute Gasteiger partial charge is 0.462 e. The molecule has 1 N–H and O–H groups in total. The zero-order valence-corrected chi connectivity index (χ0v) is 12.7.